The Kier molecular flexibility index (Phi) is 5.05. The number of Topliss-reactive ketones (excluding diaryl/α,β-unsaturated/α-hetero) is 1. The second-order valence-electron chi connectivity index (χ2n) is 7.23. The van der Waals surface area contributed by atoms with Gasteiger partial charge in [-0.05, 0) is 30.4 Å². The predicted molar refractivity (Wildman–Crippen MR) is 107 cm³/mol. The van der Waals surface area contributed by atoms with Crippen molar-refractivity contribution in [1.82, 2.24) is 9.88 Å². The summed E-state index contributed by atoms with van der Waals surface area (Å²) in [6, 6.07) is 17.6. The molecule has 0 bridgehead atoms. The number of aromatic amines is 1. The first-order valence-electron chi connectivity index (χ1n) is 9.64. The van der Waals surface area contributed by atoms with Crippen molar-refractivity contribution >= 4 is 22.6 Å². The molecular weight excluding hydrogens is 336 g/mol. The lowest BCUT2D eigenvalue weighted by Crippen LogP contribution is -2.38. The Balaban J connectivity index is 1.31. The van der Waals surface area contributed by atoms with Crippen molar-refractivity contribution in [1.29, 1.82) is 0 Å². The van der Waals surface area contributed by atoms with Crippen molar-refractivity contribution in [2.45, 2.75) is 31.6 Å². The molecule has 0 atom stereocenters. The second-order valence-corrected chi connectivity index (χ2v) is 7.23. The molecule has 1 fully saturated rings. The summed E-state index contributed by atoms with van der Waals surface area (Å²) in [5.74, 6) is 0.616. The fourth-order valence-electron chi connectivity index (χ4n) is 4.02. The number of nitrogens with one attached hydrogen (secondary N) is 1. The van der Waals surface area contributed by atoms with Crippen molar-refractivity contribution < 1.29 is 9.59 Å². The predicted octanol–water partition coefficient (Wildman–Crippen LogP) is 4.54. The molecular formula is C23H24N2O2. The van der Waals surface area contributed by atoms with Crippen LogP contribution < -0.4 is 0 Å². The van der Waals surface area contributed by atoms with Crippen LogP contribution >= 0.6 is 0 Å². The average molecular weight is 360 g/mol. The molecule has 3 aromatic rings. The van der Waals surface area contributed by atoms with Crippen molar-refractivity contribution in [3.05, 3.63) is 71.9 Å². The number of rotatable bonds is 5. The molecule has 0 spiro atoms. The third-order valence-electron chi connectivity index (χ3n) is 5.57. The first-order chi connectivity index (χ1) is 13.2. The number of nitrogens with zero attached hydrogens (tertiary/aromatic N) is 1. The fourth-order valence-corrected chi connectivity index (χ4v) is 4.02. The molecule has 27 heavy (non-hydrogen) atoms. The SMILES string of the molecule is O=C(CCC(=O)N1CCC(c2c[nH]c3ccccc23)CC1)c1ccccc1. The van der Waals surface area contributed by atoms with E-state index in [-0.39, 0.29) is 18.1 Å². The molecule has 1 aliphatic rings. The molecule has 1 amide bonds. The maximum atomic E-state index is 12.5. The molecule has 0 radical (unpaired) electrons. The minimum absolute atomic E-state index is 0.0395. The Morgan fingerprint density at radius 2 is 1.63 bits per heavy atom. The number of para-hydroxylation sites is 1. The lowest BCUT2D eigenvalue weighted by atomic mass is 9.89. The van der Waals surface area contributed by atoms with Crippen LogP contribution in [-0.2, 0) is 4.79 Å². The van der Waals surface area contributed by atoms with Crippen LogP contribution in [0.4, 0.5) is 0 Å². The van der Waals surface area contributed by atoms with E-state index in [1.54, 1.807) is 12.1 Å². The van der Waals surface area contributed by atoms with Gasteiger partial charge in [0, 0.05) is 48.6 Å². The van der Waals surface area contributed by atoms with Crippen LogP contribution in [0.15, 0.2) is 60.8 Å². The van der Waals surface area contributed by atoms with Gasteiger partial charge in [0.05, 0.1) is 0 Å². The summed E-state index contributed by atoms with van der Waals surface area (Å²) in [6.07, 6.45) is 4.64. The molecule has 2 aromatic carbocycles. The monoisotopic (exact) mass is 360 g/mol. The number of benzene rings is 2. The van der Waals surface area contributed by atoms with Gasteiger partial charge in [-0.25, -0.2) is 0 Å². The molecule has 4 rings (SSSR count). The lowest BCUT2D eigenvalue weighted by molar-refractivity contribution is -0.132. The number of ketones is 1. The highest BCUT2D eigenvalue weighted by Crippen LogP contribution is 2.33. The molecule has 1 aromatic heterocycles. The fraction of sp³-hybridized carbons (Fsp3) is 0.304. The van der Waals surface area contributed by atoms with Gasteiger partial charge in [-0.2, -0.15) is 0 Å². The number of H-pyrrole nitrogens is 1. The summed E-state index contributed by atoms with van der Waals surface area (Å²) in [5.41, 5.74) is 3.21. The Labute approximate surface area is 159 Å². The molecule has 0 saturated carbocycles. The van der Waals surface area contributed by atoms with E-state index >= 15 is 0 Å². The van der Waals surface area contributed by atoms with Crippen LogP contribution in [0.3, 0.4) is 0 Å². The number of hydrogen-bond acceptors (Lipinski definition) is 2. The first kappa shape index (κ1) is 17.5. The molecule has 0 aliphatic carbocycles. The second kappa shape index (κ2) is 7.78. The summed E-state index contributed by atoms with van der Waals surface area (Å²) in [4.78, 5) is 30.0. The normalized spacial score (nSPS) is 15.2. The van der Waals surface area contributed by atoms with Crippen LogP contribution in [-0.4, -0.2) is 34.7 Å². The Hall–Kier alpha value is -2.88. The van der Waals surface area contributed by atoms with Gasteiger partial charge >= 0.3 is 0 Å². The molecule has 4 nitrogen and oxygen atoms in total. The van der Waals surface area contributed by atoms with E-state index in [0.29, 0.717) is 17.9 Å². The minimum atomic E-state index is 0.0395. The molecule has 1 N–H and O–H groups in total. The molecule has 0 unspecified atom stereocenters. The van der Waals surface area contributed by atoms with Crippen LogP contribution in [0.25, 0.3) is 10.9 Å². The lowest BCUT2D eigenvalue weighted by Gasteiger charge is -2.32. The zero-order valence-corrected chi connectivity index (χ0v) is 15.4. The van der Waals surface area contributed by atoms with Gasteiger partial charge in [-0.15, -0.1) is 0 Å². The minimum Gasteiger partial charge on any atom is -0.361 e. The van der Waals surface area contributed by atoms with E-state index < -0.39 is 0 Å². The van der Waals surface area contributed by atoms with Crippen molar-refractivity contribution in [2.24, 2.45) is 0 Å². The Morgan fingerprint density at radius 3 is 2.41 bits per heavy atom. The van der Waals surface area contributed by atoms with E-state index in [2.05, 4.69) is 29.4 Å². The number of carbonyl (C=O) groups is 2. The largest absolute Gasteiger partial charge is 0.361 e. The summed E-state index contributed by atoms with van der Waals surface area (Å²) < 4.78 is 0. The number of piperidine rings is 1. The van der Waals surface area contributed by atoms with E-state index in [0.717, 1.165) is 25.9 Å². The number of carbonyl (C=O) groups excluding carboxylic acids is 2. The van der Waals surface area contributed by atoms with Gasteiger partial charge in [0.2, 0.25) is 5.91 Å². The van der Waals surface area contributed by atoms with Gasteiger partial charge in [0.15, 0.2) is 5.78 Å². The number of amides is 1. The zero-order chi connectivity index (χ0) is 18.6. The zero-order valence-electron chi connectivity index (χ0n) is 15.4. The van der Waals surface area contributed by atoms with Crippen LogP contribution in [0.2, 0.25) is 0 Å². The van der Waals surface area contributed by atoms with E-state index in [4.69, 9.17) is 0 Å². The molecule has 138 valence electrons. The van der Waals surface area contributed by atoms with E-state index in [9.17, 15) is 9.59 Å². The highest BCUT2D eigenvalue weighted by Gasteiger charge is 2.25. The smallest absolute Gasteiger partial charge is 0.223 e. The number of hydrogen-bond donors (Lipinski definition) is 1. The summed E-state index contributed by atoms with van der Waals surface area (Å²) in [6.45, 7) is 1.53. The Bertz CT molecular complexity index is 937. The van der Waals surface area contributed by atoms with Crippen LogP contribution in [0.5, 0.6) is 0 Å². The third-order valence-corrected chi connectivity index (χ3v) is 5.57. The molecule has 4 heteroatoms. The molecule has 1 aliphatic heterocycles. The maximum Gasteiger partial charge on any atom is 0.223 e. The van der Waals surface area contributed by atoms with Gasteiger partial charge in [0.25, 0.3) is 0 Å². The van der Waals surface area contributed by atoms with Crippen molar-refractivity contribution in [3.8, 4) is 0 Å². The van der Waals surface area contributed by atoms with Gasteiger partial charge in [0.1, 0.15) is 0 Å². The quantitative estimate of drug-likeness (QED) is 0.679. The highest BCUT2D eigenvalue weighted by atomic mass is 16.2. The number of aromatic nitrogens is 1. The standard InChI is InChI=1S/C23H24N2O2/c26-22(18-6-2-1-3-7-18)10-11-23(27)25-14-12-17(13-15-25)20-16-24-21-9-5-4-8-19(20)21/h1-9,16-17,24H,10-15H2. The Morgan fingerprint density at radius 1 is 0.926 bits per heavy atom. The van der Waals surface area contributed by atoms with Gasteiger partial charge in [-0.3, -0.25) is 9.59 Å². The number of fused-ring (bicyclic) bond motifs is 1. The summed E-state index contributed by atoms with van der Waals surface area (Å²) in [5, 5.41) is 1.29. The van der Waals surface area contributed by atoms with Crippen LogP contribution in [0.1, 0.15) is 47.5 Å². The first-order valence-corrected chi connectivity index (χ1v) is 9.64. The van der Waals surface area contributed by atoms with E-state index in [1.165, 1.54) is 16.5 Å². The van der Waals surface area contributed by atoms with Crippen LogP contribution in [0, 0.1) is 0 Å². The molecule has 2 heterocycles. The highest BCUT2D eigenvalue weighted by molar-refractivity contribution is 5.97. The number of likely N-dealkylation sites (tertiary alicyclic amines) is 1. The van der Waals surface area contributed by atoms with Gasteiger partial charge < -0.3 is 9.88 Å². The average Bonchev–Trinajstić information content (AvgIpc) is 3.16. The topological polar surface area (TPSA) is 53.2 Å². The molecule has 1 saturated heterocycles. The summed E-state index contributed by atoms with van der Waals surface area (Å²) >= 11 is 0. The van der Waals surface area contributed by atoms with E-state index in [1.807, 2.05) is 29.2 Å². The van der Waals surface area contributed by atoms with Crippen molar-refractivity contribution in [2.75, 3.05) is 13.1 Å². The maximum absolute atomic E-state index is 12.5. The van der Waals surface area contributed by atoms with Crippen molar-refractivity contribution in [3.63, 3.8) is 0 Å². The third kappa shape index (κ3) is 3.80. The van der Waals surface area contributed by atoms with Gasteiger partial charge in [-0.1, -0.05) is 48.5 Å². The summed E-state index contributed by atoms with van der Waals surface area (Å²) in [7, 11) is 0.